The summed E-state index contributed by atoms with van der Waals surface area (Å²) in [5, 5.41) is 3.97. The number of rotatable bonds is 4. The van der Waals surface area contributed by atoms with Gasteiger partial charge >= 0.3 is 0 Å². The second-order valence-corrected chi connectivity index (χ2v) is 7.15. The Morgan fingerprint density at radius 2 is 1.92 bits per heavy atom. The molecule has 136 valence electrons. The molecule has 0 atom stereocenters. The molecule has 3 aromatic rings. The lowest BCUT2D eigenvalue weighted by atomic mass is 10.4. The van der Waals surface area contributed by atoms with E-state index in [0.29, 0.717) is 22.9 Å². The van der Waals surface area contributed by atoms with Gasteiger partial charge in [-0.05, 0) is 19.1 Å². The fraction of sp³-hybridized carbons (Fsp3) is 0.412. The van der Waals surface area contributed by atoms with E-state index in [9.17, 15) is 4.79 Å². The Morgan fingerprint density at radius 1 is 1.19 bits per heavy atom. The lowest BCUT2D eigenvalue weighted by Crippen LogP contribution is -2.44. The number of piperazine rings is 1. The van der Waals surface area contributed by atoms with E-state index < -0.39 is 0 Å². The van der Waals surface area contributed by atoms with Gasteiger partial charge in [0.2, 0.25) is 5.95 Å². The Hall–Kier alpha value is -2.39. The van der Waals surface area contributed by atoms with Gasteiger partial charge in [0, 0.05) is 57.1 Å². The first-order valence-corrected chi connectivity index (χ1v) is 9.51. The quantitative estimate of drug-likeness (QED) is 0.688. The number of imidazole rings is 1. The topological polar surface area (TPSA) is 80.9 Å². The first-order chi connectivity index (χ1) is 12.7. The molecule has 0 bridgehead atoms. The molecule has 4 heterocycles. The van der Waals surface area contributed by atoms with Crippen LogP contribution in [-0.4, -0.2) is 50.3 Å². The number of hydrogen-bond acceptors (Lipinski definition) is 7. The van der Waals surface area contributed by atoms with Crippen LogP contribution in [0.1, 0.15) is 6.92 Å². The fourth-order valence-electron chi connectivity index (χ4n) is 3.14. The first kappa shape index (κ1) is 17.0. The molecular formula is C17H21N7OS. The van der Waals surface area contributed by atoms with E-state index in [0.717, 1.165) is 37.0 Å². The minimum Gasteiger partial charge on any atom is -0.340 e. The highest BCUT2D eigenvalue weighted by molar-refractivity contribution is 7.99. The summed E-state index contributed by atoms with van der Waals surface area (Å²) in [6, 6.07) is 3.80. The standard InChI is InChI=1S/C17H21N7OS/c1-3-24-13-14(20-16(24)23-10-8-19-9-11-23)21-17(22(2)15(13)25)26-12-4-6-18-7-5-12/h4-7,19H,3,8-11H2,1-2H3. The van der Waals surface area contributed by atoms with Gasteiger partial charge in [-0.25, -0.2) is 4.98 Å². The number of aromatic nitrogens is 5. The molecule has 0 aliphatic carbocycles. The lowest BCUT2D eigenvalue weighted by molar-refractivity contribution is 0.569. The molecule has 1 aliphatic rings. The van der Waals surface area contributed by atoms with Crippen LogP contribution in [0.5, 0.6) is 0 Å². The summed E-state index contributed by atoms with van der Waals surface area (Å²) in [6.07, 6.45) is 3.46. The van der Waals surface area contributed by atoms with Crippen molar-refractivity contribution in [3.63, 3.8) is 0 Å². The molecule has 3 aromatic heterocycles. The van der Waals surface area contributed by atoms with Crippen molar-refractivity contribution in [1.29, 1.82) is 0 Å². The highest BCUT2D eigenvalue weighted by Gasteiger charge is 2.22. The Balaban J connectivity index is 1.82. The highest BCUT2D eigenvalue weighted by atomic mass is 32.2. The van der Waals surface area contributed by atoms with E-state index in [2.05, 4.69) is 20.2 Å². The lowest BCUT2D eigenvalue weighted by Gasteiger charge is -2.28. The van der Waals surface area contributed by atoms with Gasteiger partial charge in [0.1, 0.15) is 0 Å². The highest BCUT2D eigenvalue weighted by Crippen LogP contribution is 2.27. The maximum Gasteiger partial charge on any atom is 0.280 e. The Kier molecular flexibility index (Phi) is 4.64. The van der Waals surface area contributed by atoms with Crippen molar-refractivity contribution in [3.8, 4) is 0 Å². The van der Waals surface area contributed by atoms with Crippen LogP contribution in [0.3, 0.4) is 0 Å². The summed E-state index contributed by atoms with van der Waals surface area (Å²) < 4.78 is 3.58. The van der Waals surface area contributed by atoms with Gasteiger partial charge in [-0.3, -0.25) is 14.3 Å². The molecule has 1 saturated heterocycles. The van der Waals surface area contributed by atoms with E-state index in [1.165, 1.54) is 11.8 Å². The van der Waals surface area contributed by atoms with Crippen LogP contribution in [0.4, 0.5) is 5.95 Å². The zero-order chi connectivity index (χ0) is 18.1. The molecule has 4 rings (SSSR count). The average molecular weight is 371 g/mol. The monoisotopic (exact) mass is 371 g/mol. The molecule has 9 heteroatoms. The summed E-state index contributed by atoms with van der Waals surface area (Å²) in [4.78, 5) is 29.7. The molecular weight excluding hydrogens is 350 g/mol. The molecule has 0 saturated carbocycles. The van der Waals surface area contributed by atoms with E-state index in [1.807, 2.05) is 23.6 Å². The Morgan fingerprint density at radius 3 is 2.62 bits per heavy atom. The SMILES string of the molecule is CCn1c(N2CCNCC2)nc2nc(Sc3ccncc3)n(C)c(=O)c21. The van der Waals surface area contributed by atoms with Crippen molar-refractivity contribution in [2.24, 2.45) is 7.05 Å². The third kappa shape index (κ3) is 2.97. The van der Waals surface area contributed by atoms with E-state index in [1.54, 1.807) is 24.0 Å². The first-order valence-electron chi connectivity index (χ1n) is 8.70. The van der Waals surface area contributed by atoms with Crippen molar-refractivity contribution in [1.82, 2.24) is 29.4 Å². The van der Waals surface area contributed by atoms with Crippen molar-refractivity contribution >= 4 is 28.9 Å². The summed E-state index contributed by atoms with van der Waals surface area (Å²) in [7, 11) is 1.76. The van der Waals surface area contributed by atoms with Crippen molar-refractivity contribution in [3.05, 3.63) is 34.9 Å². The van der Waals surface area contributed by atoms with E-state index in [-0.39, 0.29) is 5.56 Å². The van der Waals surface area contributed by atoms with Gasteiger partial charge in [0.15, 0.2) is 16.3 Å². The van der Waals surface area contributed by atoms with Crippen LogP contribution in [-0.2, 0) is 13.6 Å². The van der Waals surface area contributed by atoms with E-state index >= 15 is 0 Å². The molecule has 0 aromatic carbocycles. The maximum absolute atomic E-state index is 13.0. The molecule has 8 nitrogen and oxygen atoms in total. The van der Waals surface area contributed by atoms with Crippen LogP contribution in [0.15, 0.2) is 39.4 Å². The second kappa shape index (κ2) is 7.08. The zero-order valence-corrected chi connectivity index (χ0v) is 15.7. The Labute approximate surface area is 155 Å². The van der Waals surface area contributed by atoms with Crippen LogP contribution in [0, 0.1) is 0 Å². The van der Waals surface area contributed by atoms with Gasteiger partial charge < -0.3 is 14.8 Å². The third-order valence-corrected chi connectivity index (χ3v) is 5.56. The van der Waals surface area contributed by atoms with Crippen LogP contribution < -0.4 is 15.8 Å². The van der Waals surface area contributed by atoms with Crippen LogP contribution in [0.25, 0.3) is 11.2 Å². The normalized spacial score (nSPS) is 14.9. The summed E-state index contributed by atoms with van der Waals surface area (Å²) in [6.45, 7) is 6.31. The molecule has 0 amide bonds. The second-order valence-electron chi connectivity index (χ2n) is 6.11. The minimum absolute atomic E-state index is 0.0673. The number of aryl methyl sites for hydroxylation is 1. The summed E-state index contributed by atoms with van der Waals surface area (Å²) in [5.41, 5.74) is 1.02. The third-order valence-electron chi connectivity index (χ3n) is 4.50. The van der Waals surface area contributed by atoms with Gasteiger partial charge in [-0.1, -0.05) is 11.8 Å². The number of pyridine rings is 1. The maximum atomic E-state index is 13.0. The van der Waals surface area contributed by atoms with Crippen molar-refractivity contribution < 1.29 is 0 Å². The van der Waals surface area contributed by atoms with Crippen LogP contribution >= 0.6 is 11.8 Å². The molecule has 0 spiro atoms. The summed E-state index contributed by atoms with van der Waals surface area (Å²) >= 11 is 1.44. The predicted molar refractivity (Wildman–Crippen MR) is 102 cm³/mol. The van der Waals surface area contributed by atoms with Gasteiger partial charge in [0.05, 0.1) is 0 Å². The van der Waals surface area contributed by atoms with Crippen LogP contribution in [0.2, 0.25) is 0 Å². The molecule has 0 unspecified atom stereocenters. The number of anilines is 1. The van der Waals surface area contributed by atoms with Gasteiger partial charge in [-0.15, -0.1) is 0 Å². The smallest absolute Gasteiger partial charge is 0.280 e. The fourth-order valence-corrected chi connectivity index (χ4v) is 3.96. The number of fused-ring (bicyclic) bond motifs is 1. The molecule has 0 radical (unpaired) electrons. The Bertz CT molecular complexity index is 976. The van der Waals surface area contributed by atoms with Crippen molar-refractivity contribution in [2.45, 2.75) is 23.5 Å². The minimum atomic E-state index is -0.0673. The zero-order valence-electron chi connectivity index (χ0n) is 14.8. The predicted octanol–water partition coefficient (Wildman–Crippen LogP) is 1.11. The van der Waals surface area contributed by atoms with Crippen molar-refractivity contribution in [2.75, 3.05) is 31.1 Å². The molecule has 1 aliphatic heterocycles. The largest absolute Gasteiger partial charge is 0.340 e. The van der Waals surface area contributed by atoms with E-state index in [4.69, 9.17) is 4.98 Å². The average Bonchev–Trinajstić information content (AvgIpc) is 3.06. The summed E-state index contributed by atoms with van der Waals surface area (Å²) in [5.74, 6) is 0.833. The molecule has 1 fully saturated rings. The van der Waals surface area contributed by atoms with Gasteiger partial charge in [0.25, 0.3) is 5.56 Å². The molecule has 1 N–H and O–H groups in total. The number of hydrogen-bond donors (Lipinski definition) is 1. The number of nitrogens with zero attached hydrogens (tertiary/aromatic N) is 6. The number of nitrogens with one attached hydrogen (secondary N) is 1. The molecule has 26 heavy (non-hydrogen) atoms. The van der Waals surface area contributed by atoms with Gasteiger partial charge in [-0.2, -0.15) is 4.98 Å².